The molecule has 12 amide bonds. The van der Waals surface area contributed by atoms with Crippen molar-refractivity contribution in [1.82, 2.24) is 58.5 Å². The average Bonchev–Trinajstić information content (AvgIpc) is 0.845. The second kappa shape index (κ2) is 36.8. The molecule has 1 saturated heterocycles. The van der Waals surface area contributed by atoms with Crippen LogP contribution in [0, 0.1) is 28.6 Å². The molecule has 1 aliphatic heterocycles. The zero-order chi connectivity index (χ0) is 70.3. The molecule has 0 bridgehead atoms. The molecular formula is C60H102N16O16. The molecule has 32 nitrogen and oxygen atoms in total. The normalized spacial score (nSPS) is 24.7. The van der Waals surface area contributed by atoms with Crippen molar-refractivity contribution in [3.63, 3.8) is 0 Å². The summed E-state index contributed by atoms with van der Waals surface area (Å²) in [5, 5.41) is 71.1. The summed E-state index contributed by atoms with van der Waals surface area (Å²) >= 11 is 0. The molecule has 1 aromatic carbocycles. The van der Waals surface area contributed by atoms with Crippen LogP contribution >= 0.6 is 0 Å². The largest absolute Gasteiger partial charge is 0.394 e. The van der Waals surface area contributed by atoms with Gasteiger partial charge in [-0.3, -0.25) is 62.5 Å². The van der Waals surface area contributed by atoms with Gasteiger partial charge in [0.15, 0.2) is 12.1 Å². The zero-order valence-electron chi connectivity index (χ0n) is 55.0. The summed E-state index contributed by atoms with van der Waals surface area (Å²) in [6, 6.07) is -12.1. The molecule has 0 aliphatic carbocycles. The van der Waals surface area contributed by atoms with Crippen molar-refractivity contribution in [3.8, 4) is 0 Å². The van der Waals surface area contributed by atoms with Gasteiger partial charge in [-0.25, -0.2) is 0 Å². The summed E-state index contributed by atoms with van der Waals surface area (Å²) in [6.45, 7) is 19.2. The predicted molar refractivity (Wildman–Crippen MR) is 337 cm³/mol. The van der Waals surface area contributed by atoms with Gasteiger partial charge in [-0.1, -0.05) is 120 Å². The Hall–Kier alpha value is -8.07. The topological polar surface area (TPSA) is 535 Å². The molecule has 23 N–H and O–H groups in total. The molecule has 1 fully saturated rings. The first kappa shape index (κ1) is 80.0. The van der Waals surface area contributed by atoms with Crippen molar-refractivity contribution in [2.75, 3.05) is 19.7 Å². The van der Waals surface area contributed by atoms with Gasteiger partial charge in [-0.15, -0.1) is 0 Å². The van der Waals surface area contributed by atoms with E-state index < -0.39 is 191 Å². The van der Waals surface area contributed by atoms with Crippen molar-refractivity contribution in [2.45, 2.75) is 213 Å². The van der Waals surface area contributed by atoms with Crippen LogP contribution in [-0.4, -0.2) is 196 Å². The van der Waals surface area contributed by atoms with Crippen molar-refractivity contribution < 1.29 is 78.0 Å². The lowest BCUT2D eigenvalue weighted by Crippen LogP contribution is -2.65. The Morgan fingerprint density at radius 1 is 0.630 bits per heavy atom. The quantitative estimate of drug-likeness (QED) is 0.0311. The maximum Gasteiger partial charge on any atom is 0.248 e. The average molecular weight is 1300 g/mol. The lowest BCUT2D eigenvalue weighted by Gasteiger charge is -2.35. The summed E-state index contributed by atoms with van der Waals surface area (Å²) in [5.74, 6) is -16.4. The number of rotatable bonds is 21. The fourth-order valence-electron chi connectivity index (χ4n) is 9.64. The van der Waals surface area contributed by atoms with Crippen molar-refractivity contribution >= 4 is 76.8 Å². The Morgan fingerprint density at radius 3 is 1.67 bits per heavy atom. The van der Waals surface area contributed by atoms with E-state index in [2.05, 4.69) is 58.2 Å². The van der Waals surface area contributed by atoms with E-state index in [1.165, 1.54) is 38.1 Å². The van der Waals surface area contributed by atoms with Gasteiger partial charge in [-0.2, -0.15) is 0 Å². The molecule has 0 radical (unpaired) electrons. The molecule has 0 saturated carbocycles. The van der Waals surface area contributed by atoms with E-state index >= 15 is 9.59 Å². The summed E-state index contributed by atoms with van der Waals surface area (Å²) in [5.41, 5.74) is 21.7. The van der Waals surface area contributed by atoms with Gasteiger partial charge >= 0.3 is 0 Å². The van der Waals surface area contributed by atoms with Gasteiger partial charge < -0.3 is 102 Å². The Balaban J connectivity index is 3.16. The molecule has 1 aromatic rings. The number of hydrogen-bond donors (Lipinski definition) is 19. The van der Waals surface area contributed by atoms with Crippen LogP contribution in [0.5, 0.6) is 0 Å². The number of nitrogens with one attached hydrogen (secondary N) is 11. The van der Waals surface area contributed by atoms with Gasteiger partial charge in [0, 0.05) is 6.54 Å². The van der Waals surface area contributed by atoms with Gasteiger partial charge in [0.25, 0.3) is 0 Å². The number of primary amides is 1. The number of nitrogens with zero attached hydrogens (tertiary/aromatic N) is 1. The van der Waals surface area contributed by atoms with Crippen LogP contribution < -0.4 is 81.4 Å². The van der Waals surface area contributed by atoms with Gasteiger partial charge in [-0.05, 0) is 73.2 Å². The SMILES string of the molecule is CC[C@H](C)[C@@H]1NC(=O)[C@@H](CCCN=C(N)N)NC(=O)[C@H](CC(C)C)NC(=O)[C@@H]([C@H](O)C(C)C)NC(=O)[C@@H](NC(=O)[C@H](CC(C)(C)C)NC(=O)[C@H](N)CC(C)(C)C)[C@@H](c2ccccc2)NC(=O)[C@H](CO)NC(=O)[C@@H]([C@H](O)C(N)=O)NC(=O)CNC(=O)[C@@H]([C@H](C)O)NC1=O. The van der Waals surface area contributed by atoms with Crippen LogP contribution in [0.2, 0.25) is 0 Å². The third-order valence-corrected chi connectivity index (χ3v) is 14.8. The Bertz CT molecular complexity index is 2730. The highest BCUT2D eigenvalue weighted by molar-refractivity contribution is 6.00. The van der Waals surface area contributed by atoms with E-state index in [0.29, 0.717) is 0 Å². The van der Waals surface area contributed by atoms with Crippen molar-refractivity contribution in [2.24, 2.45) is 56.5 Å². The van der Waals surface area contributed by atoms with Crippen LogP contribution in [0.3, 0.4) is 0 Å². The van der Waals surface area contributed by atoms with Crippen molar-refractivity contribution in [3.05, 3.63) is 35.9 Å². The Morgan fingerprint density at radius 2 is 1.15 bits per heavy atom. The lowest BCUT2D eigenvalue weighted by atomic mass is 9.86. The first-order valence-electron chi connectivity index (χ1n) is 30.7. The molecule has 1 aliphatic rings. The van der Waals surface area contributed by atoms with E-state index in [1.807, 2.05) is 26.1 Å². The highest BCUT2D eigenvalue weighted by Gasteiger charge is 2.43. The lowest BCUT2D eigenvalue weighted by molar-refractivity contribution is -0.140. The van der Waals surface area contributed by atoms with Crippen LogP contribution in [-0.2, 0) is 57.5 Å². The smallest absolute Gasteiger partial charge is 0.248 e. The minimum atomic E-state index is -2.56. The number of aliphatic hydroxyl groups excluding tert-OH is 4. The molecular weight excluding hydrogens is 1200 g/mol. The minimum absolute atomic E-state index is 0.0350. The number of carbonyl (C=O) groups excluding carboxylic acids is 12. The molecule has 0 unspecified atom stereocenters. The Labute approximate surface area is 537 Å². The number of amides is 12. The number of hydrogen-bond acceptors (Lipinski definition) is 18. The highest BCUT2D eigenvalue weighted by atomic mass is 16.3. The zero-order valence-corrected chi connectivity index (χ0v) is 55.0. The number of benzene rings is 1. The number of aliphatic hydroxyl groups is 4. The maximum atomic E-state index is 15.5. The van der Waals surface area contributed by atoms with Crippen LogP contribution in [0.25, 0.3) is 0 Å². The van der Waals surface area contributed by atoms with E-state index in [4.69, 9.17) is 22.9 Å². The first-order chi connectivity index (χ1) is 42.6. The van der Waals surface area contributed by atoms with Crippen LogP contribution in [0.1, 0.15) is 140 Å². The summed E-state index contributed by atoms with van der Waals surface area (Å²) in [4.78, 5) is 175. The second-order valence-electron chi connectivity index (χ2n) is 26.5. The van der Waals surface area contributed by atoms with E-state index in [-0.39, 0.29) is 62.5 Å². The molecule has 0 aromatic heterocycles. The second-order valence-corrected chi connectivity index (χ2v) is 26.5. The first-order valence-corrected chi connectivity index (χ1v) is 30.7. The standard InChI is InChI=1S/C60H102N16O16/c1-14-30(6)39-54(89)73-40(31(7)78)53(88)66-26-38(79)71-44(46(81)47(62)82)57(92)70-37(27-77)52(87)74-41(32-19-16-15-17-20-32)42(75-51(86)36(25-60(11,12)13)69-48(83)33(61)24-59(8,9)10)55(90)76-43(45(80)29(4)5)56(91)68-35(23-28(2)3)50(85)67-34(49(84)72-39)21-18-22-65-58(63)64/h15-17,19-20,28-31,33-37,39-46,77-78,80-81H,14,18,21-27,61H2,1-13H3,(H2,62,82)(H,66,88)(H,67,85)(H,68,91)(H,69,83)(H,70,92)(H,71,79)(H,72,84)(H,73,89)(H,74,87)(H,75,86)(H,76,90)(H4,63,64,65)/t30-,31-,33+,34+,35-,36-,37-,39-,40+,41+,42-,43+,44+,45+,46-/m0/s1. The van der Waals surface area contributed by atoms with E-state index in [1.54, 1.807) is 54.5 Å². The summed E-state index contributed by atoms with van der Waals surface area (Å²) in [7, 11) is 0. The maximum absolute atomic E-state index is 15.5. The molecule has 0 spiro atoms. The van der Waals surface area contributed by atoms with Crippen LogP contribution in [0.4, 0.5) is 0 Å². The van der Waals surface area contributed by atoms with E-state index in [9.17, 15) is 68.4 Å². The van der Waals surface area contributed by atoms with Gasteiger partial charge in [0.2, 0.25) is 70.9 Å². The predicted octanol–water partition coefficient (Wildman–Crippen LogP) is -5.08. The minimum Gasteiger partial charge on any atom is -0.394 e. The monoisotopic (exact) mass is 1300 g/mol. The van der Waals surface area contributed by atoms with Gasteiger partial charge in [0.1, 0.15) is 54.4 Å². The Kier molecular flexibility index (Phi) is 32.0. The summed E-state index contributed by atoms with van der Waals surface area (Å²) < 4.78 is 0. The third kappa shape index (κ3) is 26.6. The summed E-state index contributed by atoms with van der Waals surface area (Å²) in [6.07, 6.45) is -6.00. The van der Waals surface area contributed by atoms with E-state index in [0.717, 1.165) is 6.92 Å². The fourth-order valence-corrected chi connectivity index (χ4v) is 9.64. The van der Waals surface area contributed by atoms with Crippen molar-refractivity contribution in [1.29, 1.82) is 0 Å². The number of nitrogens with two attached hydrogens (primary N) is 4. The molecule has 1 heterocycles. The number of guanidine groups is 1. The number of aliphatic imine (C=N–C) groups is 1. The highest BCUT2D eigenvalue weighted by Crippen LogP contribution is 2.25. The van der Waals surface area contributed by atoms with Gasteiger partial charge in [0.05, 0.1) is 37.4 Å². The molecule has 92 heavy (non-hydrogen) atoms. The molecule has 32 heteroatoms. The third-order valence-electron chi connectivity index (χ3n) is 14.8. The van der Waals surface area contributed by atoms with Crippen LogP contribution in [0.15, 0.2) is 35.3 Å². The molecule has 2 rings (SSSR count). The fraction of sp³-hybridized carbons (Fsp3) is 0.683. The number of carbonyl (C=O) groups is 12. The molecule has 15 atom stereocenters. The molecule has 518 valence electrons.